The number of carbonyl (C=O) groups excluding carboxylic acids is 1. The number of furan rings is 1. The highest BCUT2D eigenvalue weighted by Gasteiger charge is 2.21. The maximum absolute atomic E-state index is 12.7. The number of methoxy groups -OCH3 is 1. The molecule has 4 heteroatoms. The van der Waals surface area contributed by atoms with E-state index in [-0.39, 0.29) is 11.9 Å². The molecule has 0 aliphatic rings. The van der Waals surface area contributed by atoms with Crippen molar-refractivity contribution in [1.82, 2.24) is 5.32 Å². The number of fused-ring (bicyclic) bond motifs is 1. The van der Waals surface area contributed by atoms with Crippen LogP contribution in [0, 0.1) is 13.8 Å². The Labute approximate surface area is 141 Å². The number of nitrogens with one attached hydrogen (secondary N) is 1. The fourth-order valence-corrected chi connectivity index (χ4v) is 2.92. The minimum Gasteiger partial charge on any atom is -0.496 e. The number of hydrogen-bond acceptors (Lipinski definition) is 3. The number of aryl methyl sites for hydroxylation is 2. The van der Waals surface area contributed by atoms with Crippen LogP contribution in [0.1, 0.15) is 40.2 Å². The first-order valence-corrected chi connectivity index (χ1v) is 7.94. The molecule has 1 atom stereocenters. The van der Waals surface area contributed by atoms with Crippen molar-refractivity contribution in [3.63, 3.8) is 0 Å². The number of rotatable bonds is 4. The highest BCUT2D eigenvalue weighted by atomic mass is 16.5. The van der Waals surface area contributed by atoms with Crippen LogP contribution in [0.25, 0.3) is 11.0 Å². The predicted octanol–water partition coefficient (Wildman–Crippen LogP) is 4.55. The Bertz CT molecular complexity index is 895. The molecule has 1 amide bonds. The van der Waals surface area contributed by atoms with E-state index in [1.165, 1.54) is 0 Å². The molecule has 0 saturated heterocycles. The van der Waals surface area contributed by atoms with Gasteiger partial charge in [0.25, 0.3) is 5.91 Å². The van der Waals surface area contributed by atoms with Crippen molar-refractivity contribution >= 4 is 16.9 Å². The number of benzene rings is 2. The van der Waals surface area contributed by atoms with Gasteiger partial charge in [-0.15, -0.1) is 0 Å². The van der Waals surface area contributed by atoms with Gasteiger partial charge in [0.15, 0.2) is 5.76 Å². The molecule has 0 aliphatic heterocycles. The van der Waals surface area contributed by atoms with Gasteiger partial charge in [-0.3, -0.25) is 4.79 Å². The molecule has 0 spiro atoms. The first kappa shape index (κ1) is 16.1. The average molecular weight is 323 g/mol. The lowest BCUT2D eigenvalue weighted by Crippen LogP contribution is -2.27. The molecule has 0 radical (unpaired) electrons. The van der Waals surface area contributed by atoms with Crippen molar-refractivity contribution in [1.29, 1.82) is 0 Å². The van der Waals surface area contributed by atoms with Gasteiger partial charge in [-0.2, -0.15) is 0 Å². The van der Waals surface area contributed by atoms with E-state index < -0.39 is 0 Å². The Kier molecular flexibility index (Phi) is 4.30. The second-order valence-corrected chi connectivity index (χ2v) is 5.99. The number of ether oxygens (including phenoxy) is 1. The largest absolute Gasteiger partial charge is 0.496 e. The summed E-state index contributed by atoms with van der Waals surface area (Å²) in [7, 11) is 1.63. The quantitative estimate of drug-likeness (QED) is 0.766. The van der Waals surface area contributed by atoms with Crippen LogP contribution in [0.15, 0.2) is 46.9 Å². The summed E-state index contributed by atoms with van der Waals surface area (Å²) in [5.41, 5.74) is 3.64. The van der Waals surface area contributed by atoms with Crippen molar-refractivity contribution in [2.24, 2.45) is 0 Å². The van der Waals surface area contributed by atoms with Crippen LogP contribution in [0.4, 0.5) is 0 Å². The smallest absolute Gasteiger partial charge is 0.287 e. The van der Waals surface area contributed by atoms with Crippen LogP contribution in [0.2, 0.25) is 0 Å². The summed E-state index contributed by atoms with van der Waals surface area (Å²) in [5, 5.41) is 3.97. The lowest BCUT2D eigenvalue weighted by Gasteiger charge is -2.17. The van der Waals surface area contributed by atoms with E-state index in [2.05, 4.69) is 5.32 Å². The summed E-state index contributed by atoms with van der Waals surface area (Å²) >= 11 is 0. The second-order valence-electron chi connectivity index (χ2n) is 5.99. The Morgan fingerprint density at radius 1 is 1.17 bits per heavy atom. The summed E-state index contributed by atoms with van der Waals surface area (Å²) in [6, 6.07) is 13.4. The van der Waals surface area contributed by atoms with Gasteiger partial charge < -0.3 is 14.5 Å². The highest BCUT2D eigenvalue weighted by molar-refractivity contribution is 5.99. The van der Waals surface area contributed by atoms with E-state index in [0.29, 0.717) is 5.76 Å². The van der Waals surface area contributed by atoms with Crippen LogP contribution in [0.5, 0.6) is 5.75 Å². The van der Waals surface area contributed by atoms with Gasteiger partial charge in [0, 0.05) is 16.5 Å². The van der Waals surface area contributed by atoms with E-state index in [9.17, 15) is 4.79 Å². The molecule has 0 fully saturated rings. The fraction of sp³-hybridized carbons (Fsp3) is 0.250. The topological polar surface area (TPSA) is 51.5 Å². The molecule has 3 aromatic rings. The van der Waals surface area contributed by atoms with Gasteiger partial charge in [0.2, 0.25) is 0 Å². The van der Waals surface area contributed by atoms with Crippen LogP contribution in [0.3, 0.4) is 0 Å². The molecule has 1 N–H and O–H groups in total. The Morgan fingerprint density at radius 2 is 1.92 bits per heavy atom. The molecule has 0 saturated carbocycles. The fourth-order valence-electron chi connectivity index (χ4n) is 2.92. The summed E-state index contributed by atoms with van der Waals surface area (Å²) in [6.07, 6.45) is 0. The average Bonchev–Trinajstić information content (AvgIpc) is 2.92. The molecule has 0 aliphatic carbocycles. The summed E-state index contributed by atoms with van der Waals surface area (Å²) in [5.74, 6) is 0.893. The Hall–Kier alpha value is -2.75. The molecule has 1 aromatic heterocycles. The van der Waals surface area contributed by atoms with E-state index >= 15 is 0 Å². The zero-order valence-electron chi connectivity index (χ0n) is 14.3. The van der Waals surface area contributed by atoms with Gasteiger partial charge in [-0.25, -0.2) is 0 Å². The molecule has 1 heterocycles. The van der Waals surface area contributed by atoms with Crippen LogP contribution in [-0.2, 0) is 0 Å². The number of carbonyl (C=O) groups is 1. The van der Waals surface area contributed by atoms with Crippen LogP contribution >= 0.6 is 0 Å². The second kappa shape index (κ2) is 6.40. The SMILES string of the molecule is COc1ccc(C)cc1[C@H](C)NC(=O)c1oc2ccccc2c1C. The van der Waals surface area contributed by atoms with Gasteiger partial charge in [-0.1, -0.05) is 35.9 Å². The normalized spacial score (nSPS) is 12.2. The third-order valence-corrected chi connectivity index (χ3v) is 4.25. The molecule has 2 aromatic carbocycles. The van der Waals surface area contributed by atoms with Crippen LogP contribution < -0.4 is 10.1 Å². The van der Waals surface area contributed by atoms with Crippen molar-refractivity contribution in [2.45, 2.75) is 26.8 Å². The van der Waals surface area contributed by atoms with E-state index in [4.69, 9.17) is 9.15 Å². The van der Waals surface area contributed by atoms with Gasteiger partial charge >= 0.3 is 0 Å². The zero-order valence-corrected chi connectivity index (χ0v) is 14.3. The molecule has 3 rings (SSSR count). The standard InChI is InChI=1S/C20H21NO3/c1-12-9-10-17(23-4)16(11-12)14(3)21-20(22)19-13(2)15-7-5-6-8-18(15)24-19/h5-11,14H,1-4H3,(H,21,22)/t14-/m0/s1. The molecule has 0 unspecified atom stereocenters. The molecule has 124 valence electrons. The molecule has 0 bridgehead atoms. The Balaban J connectivity index is 1.88. The van der Waals surface area contributed by atoms with Gasteiger partial charge in [0.05, 0.1) is 13.2 Å². The first-order chi connectivity index (χ1) is 11.5. The minimum atomic E-state index is -0.222. The van der Waals surface area contributed by atoms with Crippen molar-refractivity contribution < 1.29 is 13.9 Å². The lowest BCUT2D eigenvalue weighted by atomic mass is 10.0. The number of para-hydroxylation sites is 1. The van der Waals surface area contributed by atoms with Crippen molar-refractivity contribution in [3.8, 4) is 5.75 Å². The first-order valence-electron chi connectivity index (χ1n) is 7.94. The third kappa shape index (κ3) is 2.87. The molecule has 24 heavy (non-hydrogen) atoms. The Morgan fingerprint density at radius 3 is 2.62 bits per heavy atom. The van der Waals surface area contributed by atoms with E-state index in [1.54, 1.807) is 7.11 Å². The van der Waals surface area contributed by atoms with Gasteiger partial charge in [-0.05, 0) is 32.9 Å². The predicted molar refractivity (Wildman–Crippen MR) is 94.6 cm³/mol. The van der Waals surface area contributed by atoms with E-state index in [1.807, 2.05) is 63.2 Å². The third-order valence-electron chi connectivity index (χ3n) is 4.25. The monoisotopic (exact) mass is 323 g/mol. The number of amides is 1. The lowest BCUT2D eigenvalue weighted by molar-refractivity contribution is 0.0913. The molecular formula is C20H21NO3. The van der Waals surface area contributed by atoms with Crippen molar-refractivity contribution in [2.75, 3.05) is 7.11 Å². The summed E-state index contributed by atoms with van der Waals surface area (Å²) < 4.78 is 11.1. The van der Waals surface area contributed by atoms with Gasteiger partial charge in [0.1, 0.15) is 11.3 Å². The summed E-state index contributed by atoms with van der Waals surface area (Å²) in [4.78, 5) is 12.7. The maximum atomic E-state index is 12.7. The maximum Gasteiger partial charge on any atom is 0.287 e. The minimum absolute atomic E-state index is 0.194. The molecular weight excluding hydrogens is 302 g/mol. The zero-order chi connectivity index (χ0) is 17.3. The molecule has 4 nitrogen and oxygen atoms in total. The summed E-state index contributed by atoms with van der Waals surface area (Å²) in [6.45, 7) is 5.85. The highest BCUT2D eigenvalue weighted by Crippen LogP contribution is 2.28. The van der Waals surface area contributed by atoms with Crippen LogP contribution in [-0.4, -0.2) is 13.0 Å². The van der Waals surface area contributed by atoms with E-state index in [0.717, 1.165) is 33.4 Å². The van der Waals surface area contributed by atoms with Crippen molar-refractivity contribution in [3.05, 3.63) is 64.9 Å². The number of hydrogen-bond donors (Lipinski definition) is 1.